The van der Waals surface area contributed by atoms with Crippen molar-refractivity contribution in [2.24, 2.45) is 4.40 Å². The summed E-state index contributed by atoms with van der Waals surface area (Å²) < 4.78 is 47.0. The molecule has 0 radical (unpaired) electrons. The highest BCUT2D eigenvalue weighted by Gasteiger charge is 2.20. The quantitative estimate of drug-likeness (QED) is 0.578. The number of rotatable bonds is 4. The zero-order valence-corrected chi connectivity index (χ0v) is 16.8. The lowest BCUT2D eigenvalue weighted by Gasteiger charge is -2.05. The lowest BCUT2D eigenvalue weighted by Crippen LogP contribution is -2.22. The third-order valence-electron chi connectivity index (χ3n) is 4.00. The normalized spacial score (nSPS) is 13.9. The second kappa shape index (κ2) is 7.12. The van der Waals surface area contributed by atoms with Gasteiger partial charge in [0.15, 0.2) is 11.5 Å². The first-order chi connectivity index (χ1) is 13.4. The zero-order valence-electron chi connectivity index (χ0n) is 14.4. The molecule has 146 valence electrons. The number of fused-ring (bicyclic) bond motifs is 2. The SMILES string of the molecule is COC(=O)Cn1c(=NS(=O)(=O)c2ccc(Cl)cc2)sc2cc3c(cc21)OCO3. The van der Waals surface area contributed by atoms with Crippen molar-refractivity contribution in [1.82, 2.24) is 4.57 Å². The first kappa shape index (κ1) is 18.8. The molecule has 0 saturated carbocycles. The Kier molecular flexibility index (Phi) is 4.77. The number of benzene rings is 2. The van der Waals surface area contributed by atoms with Crippen LogP contribution >= 0.6 is 22.9 Å². The molecule has 1 aromatic heterocycles. The first-order valence-electron chi connectivity index (χ1n) is 7.94. The number of carbonyl (C=O) groups excluding carboxylic acids is 1. The number of halogens is 1. The summed E-state index contributed by atoms with van der Waals surface area (Å²) in [6.07, 6.45) is 0. The van der Waals surface area contributed by atoms with Crippen molar-refractivity contribution >= 4 is 49.1 Å². The predicted molar refractivity (Wildman–Crippen MR) is 102 cm³/mol. The van der Waals surface area contributed by atoms with Gasteiger partial charge in [-0.2, -0.15) is 8.42 Å². The molecule has 8 nitrogen and oxygen atoms in total. The molecule has 3 aromatic rings. The maximum Gasteiger partial charge on any atom is 0.325 e. The first-order valence-corrected chi connectivity index (χ1v) is 10.6. The van der Waals surface area contributed by atoms with E-state index >= 15 is 0 Å². The summed E-state index contributed by atoms with van der Waals surface area (Å²) in [6.45, 7) is -0.100. The van der Waals surface area contributed by atoms with Crippen molar-refractivity contribution in [3.05, 3.63) is 46.2 Å². The lowest BCUT2D eigenvalue weighted by atomic mass is 10.3. The molecule has 0 fully saturated rings. The molecule has 0 spiro atoms. The summed E-state index contributed by atoms with van der Waals surface area (Å²) in [5, 5.41) is 0.413. The van der Waals surface area contributed by atoms with Crippen LogP contribution in [0.5, 0.6) is 11.5 Å². The number of carbonyl (C=O) groups is 1. The number of aromatic nitrogens is 1. The van der Waals surface area contributed by atoms with Crippen molar-refractivity contribution in [3.8, 4) is 11.5 Å². The van der Waals surface area contributed by atoms with E-state index in [1.54, 1.807) is 12.1 Å². The highest BCUT2D eigenvalue weighted by molar-refractivity contribution is 7.90. The van der Waals surface area contributed by atoms with E-state index in [0.29, 0.717) is 26.7 Å². The van der Waals surface area contributed by atoms with Crippen molar-refractivity contribution in [3.63, 3.8) is 0 Å². The van der Waals surface area contributed by atoms with Gasteiger partial charge in [0.1, 0.15) is 6.54 Å². The standard InChI is InChI=1S/C17H13ClN2O6S2/c1-24-16(21)8-20-12-6-13-14(26-9-25-13)7-15(12)27-17(20)19-28(22,23)11-4-2-10(18)3-5-11/h2-7H,8-9H2,1H3. The summed E-state index contributed by atoms with van der Waals surface area (Å²) in [5.41, 5.74) is 0.588. The molecule has 0 unspecified atom stereocenters. The van der Waals surface area contributed by atoms with E-state index in [2.05, 4.69) is 4.40 Å². The molecule has 0 amide bonds. The van der Waals surface area contributed by atoms with Gasteiger partial charge in [0.2, 0.25) is 11.6 Å². The number of esters is 1. The minimum atomic E-state index is -4.01. The van der Waals surface area contributed by atoms with Crippen LogP contribution in [0, 0.1) is 0 Å². The van der Waals surface area contributed by atoms with E-state index in [9.17, 15) is 13.2 Å². The van der Waals surface area contributed by atoms with Gasteiger partial charge in [-0.3, -0.25) is 4.79 Å². The van der Waals surface area contributed by atoms with Gasteiger partial charge in [-0.1, -0.05) is 22.9 Å². The van der Waals surface area contributed by atoms with Gasteiger partial charge in [-0.15, -0.1) is 4.40 Å². The minimum Gasteiger partial charge on any atom is -0.468 e. The van der Waals surface area contributed by atoms with Crippen LogP contribution in [0.1, 0.15) is 0 Å². The Labute approximate surface area is 168 Å². The van der Waals surface area contributed by atoms with Crippen molar-refractivity contribution in [2.75, 3.05) is 13.9 Å². The fourth-order valence-corrected chi connectivity index (χ4v) is 5.01. The Morgan fingerprint density at radius 1 is 1.25 bits per heavy atom. The van der Waals surface area contributed by atoms with Crippen molar-refractivity contribution in [2.45, 2.75) is 11.4 Å². The van der Waals surface area contributed by atoms with Gasteiger partial charge in [-0.25, -0.2) is 0 Å². The third-order valence-corrected chi connectivity index (χ3v) is 6.69. The summed E-state index contributed by atoms with van der Waals surface area (Å²) in [4.78, 5) is 12.0. The molecule has 0 bridgehead atoms. The van der Waals surface area contributed by atoms with Crippen LogP contribution in [-0.2, 0) is 26.1 Å². The number of sulfonamides is 1. The van der Waals surface area contributed by atoms with Crippen LogP contribution in [0.25, 0.3) is 10.2 Å². The predicted octanol–water partition coefficient (Wildman–Crippen LogP) is 2.55. The summed E-state index contributed by atoms with van der Waals surface area (Å²) in [5.74, 6) is 0.518. The van der Waals surface area contributed by atoms with Crippen molar-refractivity contribution < 1.29 is 27.4 Å². The van der Waals surface area contributed by atoms with E-state index in [4.69, 9.17) is 25.8 Å². The highest BCUT2D eigenvalue weighted by atomic mass is 35.5. The number of nitrogens with zero attached hydrogens (tertiary/aromatic N) is 2. The molecule has 1 aliphatic heterocycles. The van der Waals surface area contributed by atoms with Crippen LogP contribution in [-0.4, -0.2) is 32.9 Å². The van der Waals surface area contributed by atoms with Crippen LogP contribution < -0.4 is 14.3 Å². The molecule has 28 heavy (non-hydrogen) atoms. The molecular formula is C17H13ClN2O6S2. The lowest BCUT2D eigenvalue weighted by molar-refractivity contribution is -0.141. The molecule has 0 saturated heterocycles. The Bertz CT molecular complexity index is 1250. The van der Waals surface area contributed by atoms with Crippen LogP contribution in [0.3, 0.4) is 0 Å². The smallest absolute Gasteiger partial charge is 0.325 e. The van der Waals surface area contributed by atoms with Crippen LogP contribution in [0.4, 0.5) is 0 Å². The van der Waals surface area contributed by atoms with E-state index in [1.807, 2.05) is 0 Å². The Morgan fingerprint density at radius 3 is 2.61 bits per heavy atom. The van der Waals surface area contributed by atoms with E-state index in [1.165, 1.54) is 35.9 Å². The summed E-state index contributed by atoms with van der Waals surface area (Å²) in [7, 11) is -2.76. The number of ether oxygens (including phenoxy) is 3. The van der Waals surface area contributed by atoms with Gasteiger partial charge < -0.3 is 18.8 Å². The zero-order chi connectivity index (χ0) is 19.9. The van der Waals surface area contributed by atoms with Crippen LogP contribution in [0.15, 0.2) is 45.7 Å². The largest absolute Gasteiger partial charge is 0.468 e. The monoisotopic (exact) mass is 440 g/mol. The van der Waals surface area contributed by atoms with Crippen molar-refractivity contribution in [1.29, 1.82) is 0 Å². The summed E-state index contributed by atoms with van der Waals surface area (Å²) in [6, 6.07) is 9.09. The number of methoxy groups -OCH3 is 1. The molecular weight excluding hydrogens is 428 g/mol. The second-order valence-electron chi connectivity index (χ2n) is 5.74. The molecule has 4 rings (SSSR count). The van der Waals surface area contributed by atoms with Crippen LogP contribution in [0.2, 0.25) is 5.02 Å². The Balaban J connectivity index is 1.92. The number of thiazole rings is 1. The molecule has 11 heteroatoms. The highest BCUT2D eigenvalue weighted by Crippen LogP contribution is 2.37. The van der Waals surface area contributed by atoms with E-state index in [-0.39, 0.29) is 23.0 Å². The topological polar surface area (TPSA) is 96.2 Å². The maximum absolute atomic E-state index is 12.7. The van der Waals surface area contributed by atoms with Gasteiger partial charge in [-0.05, 0) is 24.3 Å². The average molecular weight is 441 g/mol. The van der Waals surface area contributed by atoms with E-state index < -0.39 is 16.0 Å². The maximum atomic E-state index is 12.7. The number of hydrogen-bond donors (Lipinski definition) is 0. The summed E-state index contributed by atoms with van der Waals surface area (Å²) >= 11 is 6.93. The fourth-order valence-electron chi connectivity index (χ4n) is 2.64. The molecule has 1 aliphatic rings. The van der Waals surface area contributed by atoms with Gasteiger partial charge in [0.05, 0.1) is 22.2 Å². The second-order valence-corrected chi connectivity index (χ2v) is 8.79. The molecule has 2 heterocycles. The van der Waals surface area contributed by atoms with Gasteiger partial charge >= 0.3 is 5.97 Å². The molecule has 0 atom stereocenters. The Hall–Kier alpha value is -2.56. The molecule has 0 aliphatic carbocycles. The molecule has 0 N–H and O–H groups in total. The fraction of sp³-hybridized carbons (Fsp3) is 0.176. The molecule has 2 aromatic carbocycles. The minimum absolute atomic E-state index is 0.00636. The number of hydrogen-bond acceptors (Lipinski definition) is 7. The third kappa shape index (κ3) is 3.46. The van der Waals surface area contributed by atoms with Gasteiger partial charge in [0, 0.05) is 17.2 Å². The Morgan fingerprint density at radius 2 is 1.93 bits per heavy atom. The average Bonchev–Trinajstić information content (AvgIpc) is 3.24. The van der Waals surface area contributed by atoms with Gasteiger partial charge in [0.25, 0.3) is 10.0 Å². The van der Waals surface area contributed by atoms with E-state index in [0.717, 1.165) is 11.3 Å².